The van der Waals surface area contributed by atoms with Crippen LogP contribution < -0.4 is 0 Å². The highest BCUT2D eigenvalue weighted by atomic mass is 79.9. The molecule has 0 radical (unpaired) electrons. The maximum Gasteiger partial charge on any atom is 0.0703 e. The van der Waals surface area contributed by atoms with Crippen molar-refractivity contribution in [1.82, 2.24) is 9.78 Å². The van der Waals surface area contributed by atoms with Gasteiger partial charge in [0.05, 0.1) is 11.2 Å². The summed E-state index contributed by atoms with van der Waals surface area (Å²) < 4.78 is 1.98. The lowest BCUT2D eigenvalue weighted by atomic mass is 10.0. The van der Waals surface area contributed by atoms with Crippen molar-refractivity contribution in [2.24, 2.45) is 13.0 Å². The minimum Gasteiger partial charge on any atom is -0.268 e. The number of fused-ring (bicyclic) bond motifs is 1. The summed E-state index contributed by atoms with van der Waals surface area (Å²) in [4.78, 5) is 0.596. The summed E-state index contributed by atoms with van der Waals surface area (Å²) in [7, 11) is 2.02. The van der Waals surface area contributed by atoms with Gasteiger partial charge in [0.1, 0.15) is 0 Å². The molecule has 0 saturated heterocycles. The lowest BCUT2D eigenvalue weighted by Crippen LogP contribution is -2.05. The molecule has 3 heteroatoms. The van der Waals surface area contributed by atoms with Gasteiger partial charge in [0.15, 0.2) is 0 Å². The van der Waals surface area contributed by atoms with Gasteiger partial charge >= 0.3 is 0 Å². The number of aromatic nitrogens is 2. The minimum atomic E-state index is 0.596. The van der Waals surface area contributed by atoms with Crippen LogP contribution in [0.1, 0.15) is 32.4 Å². The summed E-state index contributed by atoms with van der Waals surface area (Å²) in [5.74, 6) is 0.745. The Kier molecular flexibility index (Phi) is 4.44. The van der Waals surface area contributed by atoms with Gasteiger partial charge in [-0.25, -0.2) is 0 Å². The molecule has 1 unspecified atom stereocenters. The van der Waals surface area contributed by atoms with E-state index < -0.39 is 0 Å². The van der Waals surface area contributed by atoms with Crippen LogP contribution in [0.4, 0.5) is 0 Å². The molecule has 0 aliphatic heterocycles. The lowest BCUT2D eigenvalue weighted by Gasteiger charge is -2.11. The molecule has 1 aromatic carbocycles. The van der Waals surface area contributed by atoms with Crippen LogP contribution in [0, 0.1) is 5.92 Å². The molecule has 98 valence electrons. The van der Waals surface area contributed by atoms with Crippen LogP contribution in [-0.4, -0.2) is 14.6 Å². The largest absolute Gasteiger partial charge is 0.268 e. The Balaban J connectivity index is 2.08. The fourth-order valence-corrected chi connectivity index (χ4v) is 3.37. The SMILES string of the molecule is CC(C)CC(Br)CCc1nn(C)c2ccccc12. The van der Waals surface area contributed by atoms with Crippen LogP contribution in [0.3, 0.4) is 0 Å². The smallest absolute Gasteiger partial charge is 0.0703 e. The van der Waals surface area contributed by atoms with Gasteiger partial charge in [0.2, 0.25) is 0 Å². The first kappa shape index (κ1) is 13.6. The van der Waals surface area contributed by atoms with Crippen molar-refractivity contribution >= 4 is 26.8 Å². The van der Waals surface area contributed by atoms with Crippen molar-refractivity contribution in [2.75, 3.05) is 0 Å². The molecule has 2 aromatic rings. The molecule has 0 aliphatic carbocycles. The number of para-hydroxylation sites is 1. The monoisotopic (exact) mass is 308 g/mol. The summed E-state index contributed by atoms with van der Waals surface area (Å²) in [5.41, 5.74) is 2.45. The molecule has 1 atom stereocenters. The highest BCUT2D eigenvalue weighted by molar-refractivity contribution is 9.09. The van der Waals surface area contributed by atoms with E-state index in [0.717, 1.165) is 18.8 Å². The molecule has 2 rings (SSSR count). The zero-order valence-corrected chi connectivity index (χ0v) is 12.9. The molecule has 1 heterocycles. The molecular formula is C15H21BrN2. The molecule has 18 heavy (non-hydrogen) atoms. The number of halogens is 1. The number of benzene rings is 1. The maximum absolute atomic E-state index is 4.64. The Morgan fingerprint density at radius 1 is 1.28 bits per heavy atom. The Labute approximate surface area is 118 Å². The van der Waals surface area contributed by atoms with Crippen molar-refractivity contribution < 1.29 is 0 Å². The second kappa shape index (κ2) is 5.87. The lowest BCUT2D eigenvalue weighted by molar-refractivity contribution is 0.552. The molecule has 0 bridgehead atoms. The number of nitrogens with zero attached hydrogens (tertiary/aromatic N) is 2. The summed E-state index contributed by atoms with van der Waals surface area (Å²) in [6.07, 6.45) is 3.42. The molecule has 2 nitrogen and oxygen atoms in total. The standard InChI is InChI=1S/C15H21BrN2/c1-11(2)10-12(16)8-9-14-13-6-4-5-7-15(13)18(3)17-14/h4-7,11-12H,8-10H2,1-3H3. The van der Waals surface area contributed by atoms with E-state index in [1.54, 1.807) is 0 Å². The number of hydrogen-bond donors (Lipinski definition) is 0. The molecule has 0 amide bonds. The average molecular weight is 309 g/mol. The van der Waals surface area contributed by atoms with Crippen molar-refractivity contribution in [2.45, 2.75) is 37.9 Å². The Morgan fingerprint density at radius 2 is 2.00 bits per heavy atom. The highest BCUT2D eigenvalue weighted by Crippen LogP contribution is 2.22. The predicted octanol–water partition coefficient (Wildman–Crippen LogP) is 4.32. The summed E-state index contributed by atoms with van der Waals surface area (Å²) in [6.45, 7) is 4.54. The molecule has 1 aromatic heterocycles. The minimum absolute atomic E-state index is 0.596. The zero-order chi connectivity index (χ0) is 13.1. The zero-order valence-electron chi connectivity index (χ0n) is 11.4. The molecule has 0 fully saturated rings. The first-order valence-electron chi connectivity index (χ1n) is 6.62. The van der Waals surface area contributed by atoms with E-state index in [1.807, 2.05) is 11.7 Å². The third kappa shape index (κ3) is 3.14. The number of hydrogen-bond acceptors (Lipinski definition) is 1. The number of alkyl halides is 1. The molecule has 0 saturated carbocycles. The topological polar surface area (TPSA) is 17.8 Å². The van der Waals surface area contributed by atoms with Gasteiger partial charge in [0, 0.05) is 17.3 Å². The van der Waals surface area contributed by atoms with E-state index in [2.05, 4.69) is 59.1 Å². The molecular weight excluding hydrogens is 288 g/mol. The number of aryl methyl sites for hydroxylation is 2. The van der Waals surface area contributed by atoms with E-state index in [9.17, 15) is 0 Å². The van der Waals surface area contributed by atoms with E-state index in [0.29, 0.717) is 4.83 Å². The third-order valence-corrected chi connectivity index (χ3v) is 4.09. The van der Waals surface area contributed by atoms with Crippen LogP contribution in [0.15, 0.2) is 24.3 Å². The van der Waals surface area contributed by atoms with Crippen molar-refractivity contribution in [1.29, 1.82) is 0 Å². The van der Waals surface area contributed by atoms with Gasteiger partial charge in [-0.15, -0.1) is 0 Å². The van der Waals surface area contributed by atoms with E-state index >= 15 is 0 Å². The van der Waals surface area contributed by atoms with Crippen LogP contribution >= 0.6 is 15.9 Å². The summed E-state index contributed by atoms with van der Waals surface area (Å²) in [6, 6.07) is 8.46. The Hall–Kier alpha value is -0.830. The van der Waals surface area contributed by atoms with Crippen LogP contribution in [0.25, 0.3) is 10.9 Å². The predicted molar refractivity (Wildman–Crippen MR) is 81.2 cm³/mol. The maximum atomic E-state index is 4.64. The van der Waals surface area contributed by atoms with Gasteiger partial charge in [-0.1, -0.05) is 48.0 Å². The molecule has 0 spiro atoms. The quantitative estimate of drug-likeness (QED) is 0.752. The highest BCUT2D eigenvalue weighted by Gasteiger charge is 2.11. The summed E-state index contributed by atoms with van der Waals surface area (Å²) in [5, 5.41) is 5.93. The van der Waals surface area contributed by atoms with Gasteiger partial charge in [-0.3, -0.25) is 4.68 Å². The first-order chi connectivity index (χ1) is 8.58. The van der Waals surface area contributed by atoms with Crippen LogP contribution in [0.5, 0.6) is 0 Å². The fraction of sp³-hybridized carbons (Fsp3) is 0.533. The fourth-order valence-electron chi connectivity index (χ4n) is 2.40. The number of rotatable bonds is 5. The van der Waals surface area contributed by atoms with E-state index in [4.69, 9.17) is 0 Å². The van der Waals surface area contributed by atoms with E-state index in [-0.39, 0.29) is 0 Å². The van der Waals surface area contributed by atoms with Crippen molar-refractivity contribution in [3.63, 3.8) is 0 Å². The summed E-state index contributed by atoms with van der Waals surface area (Å²) >= 11 is 3.77. The second-order valence-corrected chi connectivity index (χ2v) is 6.65. The normalized spacial score (nSPS) is 13.4. The van der Waals surface area contributed by atoms with Gasteiger partial charge in [0.25, 0.3) is 0 Å². The van der Waals surface area contributed by atoms with Crippen molar-refractivity contribution in [3.05, 3.63) is 30.0 Å². The van der Waals surface area contributed by atoms with Gasteiger partial charge in [-0.2, -0.15) is 5.10 Å². The molecule has 0 aliphatic rings. The van der Waals surface area contributed by atoms with Crippen LogP contribution in [-0.2, 0) is 13.5 Å². The average Bonchev–Trinajstić information content (AvgIpc) is 2.64. The molecule has 0 N–H and O–H groups in total. The second-order valence-electron chi connectivity index (χ2n) is 5.35. The van der Waals surface area contributed by atoms with Gasteiger partial charge in [-0.05, 0) is 31.2 Å². The Morgan fingerprint density at radius 3 is 2.72 bits per heavy atom. The van der Waals surface area contributed by atoms with E-state index in [1.165, 1.54) is 23.0 Å². The van der Waals surface area contributed by atoms with Crippen LogP contribution in [0.2, 0.25) is 0 Å². The van der Waals surface area contributed by atoms with Crippen molar-refractivity contribution in [3.8, 4) is 0 Å². The van der Waals surface area contributed by atoms with Gasteiger partial charge < -0.3 is 0 Å². The Bertz CT molecular complexity index is 516. The third-order valence-electron chi connectivity index (χ3n) is 3.26. The first-order valence-corrected chi connectivity index (χ1v) is 7.54.